The molecule has 13 heavy (non-hydrogen) atoms. The zero-order valence-electron chi connectivity index (χ0n) is 8.77. The highest BCUT2D eigenvalue weighted by Gasteiger charge is 1.96. The molecule has 0 aliphatic carbocycles. The quantitative estimate of drug-likeness (QED) is 0.445. The van der Waals surface area contributed by atoms with Crippen LogP contribution in [-0.2, 0) is 0 Å². The number of rotatable bonds is 9. The lowest BCUT2D eigenvalue weighted by molar-refractivity contribution is 0.240. The standard InChI is InChI=1S/C11H23ClO/c1-2-3-4-5-6-7-8-9-10-11(12)13/h11,13H,2-10H2,1H3. The molecule has 0 heterocycles. The van der Waals surface area contributed by atoms with Crippen molar-refractivity contribution in [2.75, 3.05) is 0 Å². The van der Waals surface area contributed by atoms with Crippen LogP contribution < -0.4 is 0 Å². The minimum absolute atomic E-state index is 0.625. The molecule has 0 aromatic carbocycles. The van der Waals surface area contributed by atoms with E-state index in [0.29, 0.717) is 0 Å². The van der Waals surface area contributed by atoms with E-state index in [-0.39, 0.29) is 0 Å². The summed E-state index contributed by atoms with van der Waals surface area (Å²) >= 11 is 5.41. The Morgan fingerprint density at radius 1 is 0.923 bits per heavy atom. The lowest BCUT2D eigenvalue weighted by Crippen LogP contribution is -1.94. The first-order valence-electron chi connectivity index (χ1n) is 5.59. The fraction of sp³-hybridized carbons (Fsp3) is 1.00. The highest BCUT2D eigenvalue weighted by atomic mass is 35.5. The Labute approximate surface area is 87.5 Å². The van der Waals surface area contributed by atoms with Crippen molar-refractivity contribution in [3.63, 3.8) is 0 Å². The van der Waals surface area contributed by atoms with E-state index in [1.165, 1.54) is 44.9 Å². The van der Waals surface area contributed by atoms with Crippen molar-refractivity contribution in [2.24, 2.45) is 0 Å². The molecule has 0 bridgehead atoms. The molecular formula is C11H23ClO. The van der Waals surface area contributed by atoms with Crippen LogP contribution in [0.2, 0.25) is 0 Å². The summed E-state index contributed by atoms with van der Waals surface area (Å²) in [6.45, 7) is 2.24. The Bertz CT molecular complexity index is 94.1. The van der Waals surface area contributed by atoms with Gasteiger partial charge in [-0.05, 0) is 12.8 Å². The van der Waals surface area contributed by atoms with E-state index in [0.717, 1.165) is 12.8 Å². The molecule has 0 fully saturated rings. The van der Waals surface area contributed by atoms with Gasteiger partial charge in [-0.3, -0.25) is 0 Å². The fourth-order valence-corrected chi connectivity index (χ4v) is 1.60. The van der Waals surface area contributed by atoms with Crippen LogP contribution in [0.25, 0.3) is 0 Å². The molecule has 0 aromatic heterocycles. The number of halogens is 1. The van der Waals surface area contributed by atoms with Crippen LogP contribution in [-0.4, -0.2) is 10.7 Å². The maximum absolute atomic E-state index is 8.79. The van der Waals surface area contributed by atoms with Crippen LogP contribution in [0.5, 0.6) is 0 Å². The summed E-state index contributed by atoms with van der Waals surface area (Å²) in [4.78, 5) is 0. The minimum atomic E-state index is -0.625. The summed E-state index contributed by atoms with van der Waals surface area (Å²) in [6, 6.07) is 0. The summed E-state index contributed by atoms with van der Waals surface area (Å²) in [5.74, 6) is 0. The smallest absolute Gasteiger partial charge is 0.128 e. The monoisotopic (exact) mass is 206 g/mol. The van der Waals surface area contributed by atoms with E-state index in [4.69, 9.17) is 16.7 Å². The molecule has 0 radical (unpaired) electrons. The molecule has 0 rings (SSSR count). The summed E-state index contributed by atoms with van der Waals surface area (Å²) in [5.41, 5.74) is -0.625. The van der Waals surface area contributed by atoms with Gasteiger partial charge >= 0.3 is 0 Å². The first-order valence-corrected chi connectivity index (χ1v) is 6.03. The van der Waals surface area contributed by atoms with Gasteiger partial charge in [0.25, 0.3) is 0 Å². The van der Waals surface area contributed by atoms with Gasteiger partial charge in [-0.25, -0.2) is 0 Å². The number of alkyl halides is 1. The third-order valence-corrected chi connectivity index (χ3v) is 2.51. The van der Waals surface area contributed by atoms with E-state index >= 15 is 0 Å². The maximum atomic E-state index is 8.79. The topological polar surface area (TPSA) is 20.2 Å². The molecule has 1 N–H and O–H groups in total. The Hall–Kier alpha value is 0.250. The van der Waals surface area contributed by atoms with Gasteiger partial charge in [0.15, 0.2) is 0 Å². The average Bonchev–Trinajstić information content (AvgIpc) is 2.09. The molecule has 0 aliphatic rings. The molecule has 1 atom stereocenters. The molecule has 2 heteroatoms. The van der Waals surface area contributed by atoms with Gasteiger partial charge in [0.05, 0.1) is 0 Å². The lowest BCUT2D eigenvalue weighted by Gasteiger charge is -2.02. The van der Waals surface area contributed by atoms with Crippen LogP contribution in [0.1, 0.15) is 64.7 Å². The highest BCUT2D eigenvalue weighted by molar-refractivity contribution is 6.19. The maximum Gasteiger partial charge on any atom is 0.128 e. The van der Waals surface area contributed by atoms with E-state index in [1.807, 2.05) is 0 Å². The largest absolute Gasteiger partial charge is 0.378 e. The van der Waals surface area contributed by atoms with Gasteiger partial charge in [-0.2, -0.15) is 0 Å². The van der Waals surface area contributed by atoms with Crippen LogP contribution in [0.4, 0.5) is 0 Å². The number of aliphatic hydroxyl groups is 1. The van der Waals surface area contributed by atoms with Gasteiger partial charge in [0, 0.05) is 0 Å². The van der Waals surface area contributed by atoms with Crippen molar-refractivity contribution in [1.82, 2.24) is 0 Å². The van der Waals surface area contributed by atoms with Crippen molar-refractivity contribution in [3.8, 4) is 0 Å². The number of unbranched alkanes of at least 4 members (excludes halogenated alkanes) is 7. The van der Waals surface area contributed by atoms with Crippen molar-refractivity contribution >= 4 is 11.6 Å². The Morgan fingerprint density at radius 2 is 1.38 bits per heavy atom. The van der Waals surface area contributed by atoms with Crippen LogP contribution >= 0.6 is 11.6 Å². The molecule has 0 saturated heterocycles. The van der Waals surface area contributed by atoms with Crippen molar-refractivity contribution < 1.29 is 5.11 Å². The zero-order valence-corrected chi connectivity index (χ0v) is 9.52. The molecule has 0 saturated carbocycles. The Kier molecular flexibility index (Phi) is 10.5. The summed E-state index contributed by atoms with van der Waals surface area (Å²) in [6.07, 6.45) is 11.1. The predicted octanol–water partition coefficient (Wildman–Crippen LogP) is 4.07. The van der Waals surface area contributed by atoms with Crippen molar-refractivity contribution in [2.45, 2.75) is 70.3 Å². The number of aliphatic hydroxyl groups excluding tert-OH is 1. The molecule has 80 valence electrons. The van der Waals surface area contributed by atoms with E-state index in [9.17, 15) is 0 Å². The first kappa shape index (κ1) is 13.2. The SMILES string of the molecule is CCCCCCCCCCC(O)Cl. The van der Waals surface area contributed by atoms with Crippen LogP contribution in [0, 0.1) is 0 Å². The third-order valence-electron chi connectivity index (χ3n) is 2.30. The summed E-state index contributed by atoms with van der Waals surface area (Å²) in [5, 5.41) is 8.79. The van der Waals surface area contributed by atoms with Gasteiger partial charge in [0.2, 0.25) is 0 Å². The number of hydrogen-bond donors (Lipinski definition) is 1. The van der Waals surface area contributed by atoms with Gasteiger partial charge in [0.1, 0.15) is 5.56 Å². The van der Waals surface area contributed by atoms with E-state index in [1.54, 1.807) is 0 Å². The highest BCUT2D eigenvalue weighted by Crippen LogP contribution is 2.11. The Morgan fingerprint density at radius 3 is 1.85 bits per heavy atom. The molecule has 0 aromatic rings. The third kappa shape index (κ3) is 12.2. The van der Waals surface area contributed by atoms with E-state index in [2.05, 4.69) is 6.92 Å². The van der Waals surface area contributed by atoms with Crippen molar-refractivity contribution in [3.05, 3.63) is 0 Å². The Balaban J connectivity index is 2.84. The normalized spacial score (nSPS) is 13.2. The van der Waals surface area contributed by atoms with Gasteiger partial charge in [-0.15, -0.1) is 0 Å². The summed E-state index contributed by atoms with van der Waals surface area (Å²) < 4.78 is 0. The van der Waals surface area contributed by atoms with Gasteiger partial charge in [-0.1, -0.05) is 63.5 Å². The molecule has 0 spiro atoms. The number of hydrogen-bond acceptors (Lipinski definition) is 1. The molecule has 0 amide bonds. The fourth-order valence-electron chi connectivity index (χ4n) is 1.45. The van der Waals surface area contributed by atoms with Crippen LogP contribution in [0.15, 0.2) is 0 Å². The molecule has 1 unspecified atom stereocenters. The first-order chi connectivity index (χ1) is 6.27. The van der Waals surface area contributed by atoms with Crippen molar-refractivity contribution in [1.29, 1.82) is 0 Å². The second-order valence-electron chi connectivity index (χ2n) is 3.70. The summed E-state index contributed by atoms with van der Waals surface area (Å²) in [7, 11) is 0. The van der Waals surface area contributed by atoms with Gasteiger partial charge < -0.3 is 5.11 Å². The van der Waals surface area contributed by atoms with Crippen LogP contribution in [0.3, 0.4) is 0 Å². The minimum Gasteiger partial charge on any atom is -0.378 e. The van der Waals surface area contributed by atoms with E-state index < -0.39 is 5.56 Å². The molecule has 0 aliphatic heterocycles. The second kappa shape index (κ2) is 10.3. The zero-order chi connectivity index (χ0) is 9.94. The second-order valence-corrected chi connectivity index (χ2v) is 4.20. The lowest BCUT2D eigenvalue weighted by atomic mass is 10.1. The molecular weight excluding hydrogens is 184 g/mol. The predicted molar refractivity (Wildman–Crippen MR) is 59.1 cm³/mol. The average molecular weight is 207 g/mol. The molecule has 1 nitrogen and oxygen atoms in total.